The quantitative estimate of drug-likeness (QED) is 0.673. The summed E-state index contributed by atoms with van der Waals surface area (Å²) in [4.78, 5) is 11.6. The van der Waals surface area contributed by atoms with Gasteiger partial charge in [0.15, 0.2) is 0 Å². The van der Waals surface area contributed by atoms with E-state index in [1.54, 1.807) is 0 Å². The Hall–Kier alpha value is -0.760. The van der Waals surface area contributed by atoms with Gasteiger partial charge in [0.1, 0.15) is 0 Å². The Bertz CT molecular complexity index is 282. The summed E-state index contributed by atoms with van der Waals surface area (Å²) in [5.41, 5.74) is 0.818. The summed E-state index contributed by atoms with van der Waals surface area (Å²) in [6.07, 6.45) is 4.92. The Morgan fingerprint density at radius 3 is 2.53 bits per heavy atom. The molecule has 82 valence electrons. The van der Waals surface area contributed by atoms with Crippen LogP contribution in [0.25, 0.3) is 0 Å². The number of thioether (sulfide) groups is 1. The van der Waals surface area contributed by atoms with E-state index in [2.05, 4.69) is 6.92 Å². The largest absolute Gasteiger partial charge is 0.282 e. The molecule has 1 nitrogen and oxygen atoms in total. The molecule has 0 atom stereocenters. The predicted molar refractivity (Wildman–Crippen MR) is 67.4 cm³/mol. The van der Waals surface area contributed by atoms with E-state index in [1.807, 2.05) is 30.3 Å². The second-order valence-electron chi connectivity index (χ2n) is 3.56. The number of rotatable bonds is 6. The molecule has 1 aromatic carbocycles. The van der Waals surface area contributed by atoms with Gasteiger partial charge in [0.25, 0.3) is 0 Å². The summed E-state index contributed by atoms with van der Waals surface area (Å²) in [5.74, 6) is 0.952. The molecule has 0 saturated heterocycles. The monoisotopic (exact) mass is 222 g/mol. The summed E-state index contributed by atoms with van der Waals surface area (Å²) in [5, 5.41) is 0.201. The van der Waals surface area contributed by atoms with Crippen LogP contribution in [0.15, 0.2) is 30.3 Å². The van der Waals surface area contributed by atoms with E-state index in [-0.39, 0.29) is 5.12 Å². The van der Waals surface area contributed by atoms with Crippen LogP contribution in [0.4, 0.5) is 0 Å². The Balaban J connectivity index is 2.20. The molecule has 0 radical (unpaired) electrons. The third-order valence-electron chi connectivity index (χ3n) is 2.24. The molecule has 0 heterocycles. The molecule has 0 fully saturated rings. The van der Waals surface area contributed by atoms with Gasteiger partial charge in [-0.3, -0.25) is 4.79 Å². The van der Waals surface area contributed by atoms with E-state index < -0.39 is 0 Å². The average Bonchev–Trinajstić information content (AvgIpc) is 2.30. The molecular formula is C13H18OS. The van der Waals surface area contributed by atoms with Crippen LogP contribution >= 0.6 is 11.8 Å². The van der Waals surface area contributed by atoms with E-state index in [0.29, 0.717) is 0 Å². The van der Waals surface area contributed by atoms with Gasteiger partial charge in [-0.25, -0.2) is 0 Å². The van der Waals surface area contributed by atoms with Gasteiger partial charge in [-0.15, -0.1) is 0 Å². The van der Waals surface area contributed by atoms with Gasteiger partial charge in [0, 0.05) is 11.3 Å². The van der Waals surface area contributed by atoms with Crippen molar-refractivity contribution in [2.45, 2.75) is 32.6 Å². The molecule has 0 aromatic heterocycles. The SMILES string of the molecule is CCCCCCSC(=O)c1ccccc1. The lowest BCUT2D eigenvalue weighted by atomic mass is 10.2. The van der Waals surface area contributed by atoms with E-state index in [4.69, 9.17) is 0 Å². The van der Waals surface area contributed by atoms with Crippen LogP contribution in [0, 0.1) is 0 Å². The molecule has 1 aromatic rings. The molecule has 1 rings (SSSR count). The van der Waals surface area contributed by atoms with Crippen LogP contribution in [0.2, 0.25) is 0 Å². The number of hydrogen-bond acceptors (Lipinski definition) is 2. The van der Waals surface area contributed by atoms with Gasteiger partial charge in [0.2, 0.25) is 5.12 Å². The zero-order chi connectivity index (χ0) is 10.9. The number of carbonyl (C=O) groups is 1. The summed E-state index contributed by atoms with van der Waals surface area (Å²) >= 11 is 1.44. The molecule has 0 aliphatic carbocycles. The van der Waals surface area contributed by atoms with Crippen LogP contribution in [0.1, 0.15) is 43.0 Å². The maximum atomic E-state index is 11.6. The standard InChI is InChI=1S/C13H18OS/c1-2-3-4-8-11-15-13(14)12-9-6-5-7-10-12/h5-7,9-10H,2-4,8,11H2,1H3. The molecule has 0 spiro atoms. The zero-order valence-electron chi connectivity index (χ0n) is 9.24. The minimum atomic E-state index is 0.201. The lowest BCUT2D eigenvalue weighted by Crippen LogP contribution is -1.94. The normalized spacial score (nSPS) is 10.2. The van der Waals surface area contributed by atoms with Gasteiger partial charge < -0.3 is 0 Å². The molecule has 2 heteroatoms. The molecule has 0 bridgehead atoms. The van der Waals surface area contributed by atoms with Crippen molar-refractivity contribution >= 4 is 16.9 Å². The highest BCUT2D eigenvalue weighted by Gasteiger charge is 2.04. The van der Waals surface area contributed by atoms with Crippen LogP contribution in [0.3, 0.4) is 0 Å². The minimum absolute atomic E-state index is 0.201. The lowest BCUT2D eigenvalue weighted by molar-refractivity contribution is 0.108. The molecule has 0 N–H and O–H groups in total. The highest BCUT2D eigenvalue weighted by molar-refractivity contribution is 8.14. The van der Waals surface area contributed by atoms with Gasteiger partial charge in [-0.2, -0.15) is 0 Å². The fourth-order valence-corrected chi connectivity index (χ4v) is 2.19. The van der Waals surface area contributed by atoms with Gasteiger partial charge in [-0.1, -0.05) is 68.3 Å². The topological polar surface area (TPSA) is 17.1 Å². The first-order chi connectivity index (χ1) is 7.34. The van der Waals surface area contributed by atoms with E-state index in [0.717, 1.165) is 17.7 Å². The molecule has 15 heavy (non-hydrogen) atoms. The molecule has 0 aliphatic heterocycles. The van der Waals surface area contributed by atoms with Crippen LogP contribution in [0.5, 0.6) is 0 Å². The smallest absolute Gasteiger partial charge is 0.219 e. The van der Waals surface area contributed by atoms with Gasteiger partial charge in [-0.05, 0) is 6.42 Å². The van der Waals surface area contributed by atoms with Crippen LogP contribution in [-0.2, 0) is 0 Å². The van der Waals surface area contributed by atoms with Crippen molar-refractivity contribution in [3.05, 3.63) is 35.9 Å². The first kappa shape index (κ1) is 12.3. The highest BCUT2D eigenvalue weighted by atomic mass is 32.2. The van der Waals surface area contributed by atoms with Crippen molar-refractivity contribution in [2.24, 2.45) is 0 Å². The molecule has 0 amide bonds. The molecular weight excluding hydrogens is 204 g/mol. The Morgan fingerprint density at radius 2 is 1.87 bits per heavy atom. The molecule has 0 unspecified atom stereocenters. The van der Waals surface area contributed by atoms with Crippen molar-refractivity contribution in [1.82, 2.24) is 0 Å². The fourth-order valence-electron chi connectivity index (χ4n) is 1.35. The highest BCUT2D eigenvalue weighted by Crippen LogP contribution is 2.14. The fraction of sp³-hybridized carbons (Fsp3) is 0.462. The van der Waals surface area contributed by atoms with Crippen molar-refractivity contribution in [3.8, 4) is 0 Å². The second-order valence-corrected chi connectivity index (χ2v) is 4.63. The van der Waals surface area contributed by atoms with Crippen molar-refractivity contribution in [2.75, 3.05) is 5.75 Å². The maximum Gasteiger partial charge on any atom is 0.219 e. The lowest BCUT2D eigenvalue weighted by Gasteiger charge is -2.00. The number of unbranched alkanes of at least 4 members (excludes halogenated alkanes) is 3. The van der Waals surface area contributed by atoms with Gasteiger partial charge >= 0.3 is 0 Å². The Morgan fingerprint density at radius 1 is 1.13 bits per heavy atom. The van der Waals surface area contributed by atoms with E-state index >= 15 is 0 Å². The third-order valence-corrected chi connectivity index (χ3v) is 3.23. The number of hydrogen-bond donors (Lipinski definition) is 0. The summed E-state index contributed by atoms with van der Waals surface area (Å²) in [6.45, 7) is 2.20. The number of benzene rings is 1. The maximum absolute atomic E-state index is 11.6. The number of carbonyl (C=O) groups excluding carboxylic acids is 1. The van der Waals surface area contributed by atoms with Crippen molar-refractivity contribution < 1.29 is 4.79 Å². The predicted octanol–water partition coefficient (Wildman–Crippen LogP) is 4.14. The molecule has 0 saturated carbocycles. The second kappa shape index (κ2) is 7.52. The van der Waals surface area contributed by atoms with E-state index in [1.165, 1.54) is 31.0 Å². The first-order valence-electron chi connectivity index (χ1n) is 5.56. The Kier molecular flexibility index (Phi) is 6.17. The first-order valence-corrected chi connectivity index (χ1v) is 6.55. The van der Waals surface area contributed by atoms with Crippen LogP contribution < -0.4 is 0 Å². The summed E-state index contributed by atoms with van der Waals surface area (Å²) < 4.78 is 0. The van der Waals surface area contributed by atoms with Gasteiger partial charge in [0.05, 0.1) is 0 Å². The molecule has 0 aliphatic rings. The Labute approximate surface area is 96.3 Å². The average molecular weight is 222 g/mol. The minimum Gasteiger partial charge on any atom is -0.282 e. The van der Waals surface area contributed by atoms with E-state index in [9.17, 15) is 4.79 Å². The third kappa shape index (κ3) is 5.03. The van der Waals surface area contributed by atoms with Crippen molar-refractivity contribution in [3.63, 3.8) is 0 Å². The summed E-state index contributed by atoms with van der Waals surface area (Å²) in [7, 11) is 0. The zero-order valence-corrected chi connectivity index (χ0v) is 10.1. The van der Waals surface area contributed by atoms with Crippen molar-refractivity contribution in [1.29, 1.82) is 0 Å². The summed E-state index contributed by atoms with van der Waals surface area (Å²) in [6, 6.07) is 9.50. The van der Waals surface area contributed by atoms with Crippen LogP contribution in [-0.4, -0.2) is 10.9 Å².